The molecule has 0 amide bonds. The minimum atomic E-state index is -4.18. The van der Waals surface area contributed by atoms with Gasteiger partial charge in [0, 0.05) is 22.8 Å². The maximum atomic E-state index is 11.3. The third-order valence-corrected chi connectivity index (χ3v) is 4.58. The van der Waals surface area contributed by atoms with Crippen LogP contribution in [0.3, 0.4) is 0 Å². The Bertz CT molecular complexity index is 645. The largest absolute Gasteiger partial charge is 0.342 e. The molecule has 0 radical (unpaired) electrons. The van der Waals surface area contributed by atoms with Gasteiger partial charge in [0.05, 0.1) is 4.90 Å². The molecular weight excluding hydrogens is 262 g/mol. The van der Waals surface area contributed by atoms with E-state index in [-0.39, 0.29) is 16.4 Å². The normalized spacial score (nSPS) is 18.0. The van der Waals surface area contributed by atoms with E-state index in [2.05, 4.69) is 25.3 Å². The Hall–Kier alpha value is -1.33. The Morgan fingerprint density at radius 3 is 2.37 bits per heavy atom. The number of allylic oxidation sites excluding steroid dienone is 1. The van der Waals surface area contributed by atoms with Gasteiger partial charge in [0.2, 0.25) is 0 Å². The van der Waals surface area contributed by atoms with Crippen LogP contribution in [-0.4, -0.2) is 19.0 Å². The van der Waals surface area contributed by atoms with E-state index in [1.807, 2.05) is 13.8 Å². The molecule has 2 rings (SSSR count). The van der Waals surface area contributed by atoms with Gasteiger partial charge in [0.25, 0.3) is 10.1 Å². The number of hydrogen-bond donors (Lipinski definition) is 1. The number of benzene rings is 1. The Balaban J connectivity index is 2.70. The van der Waals surface area contributed by atoms with Gasteiger partial charge in [-0.05, 0) is 37.6 Å². The molecule has 104 valence electrons. The fourth-order valence-electron chi connectivity index (χ4n) is 2.58. The molecule has 0 aromatic heterocycles. The summed E-state index contributed by atoms with van der Waals surface area (Å²) in [6, 6.07) is 4.94. The van der Waals surface area contributed by atoms with Crippen LogP contribution < -0.4 is 4.90 Å². The standard InChI is InChI=1S/C14H19NO3S/c1-9(2)15-10(3)14(4,5)12-8-11(19(16,17)18)6-7-13(12)15/h6-9H,3H2,1-2,4-5H3,(H,16,17,18). The molecular formula is C14H19NO3S. The molecule has 5 heteroatoms. The summed E-state index contributed by atoms with van der Waals surface area (Å²) in [6.07, 6.45) is 0. The highest BCUT2D eigenvalue weighted by Gasteiger charge is 2.40. The van der Waals surface area contributed by atoms with Crippen LogP contribution in [0.1, 0.15) is 33.3 Å². The highest BCUT2D eigenvalue weighted by atomic mass is 32.2. The van der Waals surface area contributed by atoms with Gasteiger partial charge >= 0.3 is 0 Å². The second kappa shape index (κ2) is 4.08. The first-order valence-corrected chi connectivity index (χ1v) is 7.61. The monoisotopic (exact) mass is 281 g/mol. The molecule has 0 unspecified atom stereocenters. The first-order valence-electron chi connectivity index (χ1n) is 6.17. The fourth-order valence-corrected chi connectivity index (χ4v) is 3.08. The van der Waals surface area contributed by atoms with E-state index in [1.54, 1.807) is 6.07 Å². The smallest absolute Gasteiger partial charge is 0.294 e. The van der Waals surface area contributed by atoms with Crippen LogP contribution in [0.25, 0.3) is 0 Å². The quantitative estimate of drug-likeness (QED) is 0.847. The van der Waals surface area contributed by atoms with E-state index in [1.165, 1.54) is 12.1 Å². The Morgan fingerprint density at radius 1 is 1.32 bits per heavy atom. The minimum Gasteiger partial charge on any atom is -0.342 e. The van der Waals surface area contributed by atoms with Gasteiger partial charge in [0.15, 0.2) is 0 Å². The minimum absolute atomic E-state index is 0.0715. The van der Waals surface area contributed by atoms with E-state index in [9.17, 15) is 8.42 Å². The zero-order valence-electron chi connectivity index (χ0n) is 11.6. The van der Waals surface area contributed by atoms with Gasteiger partial charge in [-0.1, -0.05) is 20.4 Å². The summed E-state index contributed by atoms with van der Waals surface area (Å²) in [4.78, 5) is 2.03. The number of rotatable bonds is 2. The van der Waals surface area contributed by atoms with Gasteiger partial charge in [-0.15, -0.1) is 0 Å². The summed E-state index contributed by atoms with van der Waals surface area (Å²) in [6.45, 7) is 12.3. The van der Waals surface area contributed by atoms with Crippen molar-refractivity contribution in [3.8, 4) is 0 Å². The third-order valence-electron chi connectivity index (χ3n) is 3.73. The lowest BCUT2D eigenvalue weighted by molar-refractivity contribution is 0.483. The van der Waals surface area contributed by atoms with Crippen molar-refractivity contribution in [1.29, 1.82) is 0 Å². The van der Waals surface area contributed by atoms with Gasteiger partial charge in [-0.3, -0.25) is 4.55 Å². The SMILES string of the molecule is C=C1N(C(C)C)c2ccc(S(=O)(=O)O)cc2C1(C)C. The molecule has 1 aromatic carbocycles. The Morgan fingerprint density at radius 2 is 1.89 bits per heavy atom. The molecule has 0 saturated heterocycles. The van der Waals surface area contributed by atoms with Crippen LogP contribution in [0.5, 0.6) is 0 Å². The van der Waals surface area contributed by atoms with Crippen molar-refractivity contribution < 1.29 is 13.0 Å². The van der Waals surface area contributed by atoms with Crippen molar-refractivity contribution in [2.24, 2.45) is 0 Å². The van der Waals surface area contributed by atoms with Crippen molar-refractivity contribution in [3.63, 3.8) is 0 Å². The highest BCUT2D eigenvalue weighted by molar-refractivity contribution is 7.85. The van der Waals surface area contributed by atoms with Crippen molar-refractivity contribution >= 4 is 15.8 Å². The molecule has 0 aliphatic carbocycles. The predicted molar refractivity (Wildman–Crippen MR) is 76.0 cm³/mol. The average Bonchev–Trinajstić information content (AvgIpc) is 2.46. The summed E-state index contributed by atoms with van der Waals surface area (Å²) in [5.41, 5.74) is 2.42. The topological polar surface area (TPSA) is 57.6 Å². The lowest BCUT2D eigenvalue weighted by atomic mass is 9.84. The molecule has 1 aliphatic heterocycles. The van der Waals surface area contributed by atoms with Crippen LogP contribution in [0.2, 0.25) is 0 Å². The van der Waals surface area contributed by atoms with E-state index in [4.69, 9.17) is 4.55 Å². The third kappa shape index (κ3) is 2.07. The maximum Gasteiger partial charge on any atom is 0.294 e. The molecule has 4 nitrogen and oxygen atoms in total. The van der Waals surface area contributed by atoms with Crippen molar-refractivity contribution in [2.45, 2.75) is 44.0 Å². The van der Waals surface area contributed by atoms with Gasteiger partial charge < -0.3 is 4.90 Å². The van der Waals surface area contributed by atoms with E-state index >= 15 is 0 Å². The molecule has 0 spiro atoms. The lowest BCUT2D eigenvalue weighted by Gasteiger charge is -2.29. The fraction of sp³-hybridized carbons (Fsp3) is 0.429. The van der Waals surface area contributed by atoms with Crippen molar-refractivity contribution in [2.75, 3.05) is 4.90 Å². The van der Waals surface area contributed by atoms with Gasteiger partial charge in [-0.2, -0.15) is 8.42 Å². The van der Waals surface area contributed by atoms with Crippen LogP contribution in [0.4, 0.5) is 5.69 Å². The van der Waals surface area contributed by atoms with E-state index in [0.717, 1.165) is 16.9 Å². The molecule has 0 fully saturated rings. The summed E-state index contributed by atoms with van der Waals surface area (Å²) in [7, 11) is -4.18. The number of nitrogens with zero attached hydrogens (tertiary/aromatic N) is 1. The van der Waals surface area contributed by atoms with Crippen molar-refractivity contribution in [1.82, 2.24) is 0 Å². The molecule has 1 N–H and O–H groups in total. The second-order valence-electron chi connectivity index (χ2n) is 5.69. The van der Waals surface area contributed by atoms with E-state index < -0.39 is 10.1 Å². The van der Waals surface area contributed by atoms with Crippen molar-refractivity contribution in [3.05, 3.63) is 36.0 Å². The molecule has 19 heavy (non-hydrogen) atoms. The highest BCUT2D eigenvalue weighted by Crippen LogP contribution is 2.48. The molecule has 1 aliphatic rings. The summed E-state index contributed by atoms with van der Waals surface area (Å²) in [5.74, 6) is 0. The summed E-state index contributed by atoms with van der Waals surface area (Å²) >= 11 is 0. The number of anilines is 1. The second-order valence-corrected chi connectivity index (χ2v) is 7.11. The van der Waals surface area contributed by atoms with Gasteiger partial charge in [0.1, 0.15) is 0 Å². The average molecular weight is 281 g/mol. The number of fused-ring (bicyclic) bond motifs is 1. The molecule has 0 bridgehead atoms. The lowest BCUT2D eigenvalue weighted by Crippen LogP contribution is -2.30. The molecule has 0 saturated carbocycles. The van der Waals surface area contributed by atoms with Gasteiger partial charge in [-0.25, -0.2) is 0 Å². The van der Waals surface area contributed by atoms with Crippen LogP contribution in [-0.2, 0) is 15.5 Å². The molecule has 0 atom stereocenters. The summed E-state index contributed by atoms with van der Waals surface area (Å²) in [5, 5.41) is 0. The first kappa shape index (κ1) is 14.1. The Labute approximate surface area is 114 Å². The number of hydrogen-bond acceptors (Lipinski definition) is 3. The summed E-state index contributed by atoms with van der Waals surface area (Å²) < 4.78 is 31.7. The molecule has 1 heterocycles. The van der Waals surface area contributed by atoms with E-state index in [0.29, 0.717) is 0 Å². The van der Waals surface area contributed by atoms with Crippen LogP contribution in [0, 0.1) is 0 Å². The first-order chi connectivity index (χ1) is 8.56. The zero-order chi connectivity index (χ0) is 14.6. The Kier molecular flexibility index (Phi) is 3.03. The maximum absolute atomic E-state index is 11.3. The van der Waals surface area contributed by atoms with Crippen LogP contribution >= 0.6 is 0 Å². The molecule has 1 aromatic rings. The zero-order valence-corrected chi connectivity index (χ0v) is 12.5. The van der Waals surface area contributed by atoms with Crippen LogP contribution in [0.15, 0.2) is 35.4 Å². The predicted octanol–water partition coefficient (Wildman–Crippen LogP) is 2.95.